The molecule has 1 aliphatic heterocycles. The molecule has 1 aromatic rings. The second-order valence-corrected chi connectivity index (χ2v) is 4.72. The Bertz CT molecular complexity index is 419. The average Bonchev–Trinajstić information content (AvgIpc) is 2.64. The molecule has 4 heteroatoms. The zero-order valence-electron chi connectivity index (χ0n) is 9.84. The quantitative estimate of drug-likeness (QED) is 0.833. The van der Waals surface area contributed by atoms with Crippen molar-refractivity contribution in [2.24, 2.45) is 5.92 Å². The van der Waals surface area contributed by atoms with Crippen molar-refractivity contribution in [2.45, 2.75) is 12.3 Å². The van der Waals surface area contributed by atoms with Crippen molar-refractivity contribution < 1.29 is 15.0 Å². The van der Waals surface area contributed by atoms with E-state index in [-0.39, 0.29) is 11.7 Å². The zero-order valence-corrected chi connectivity index (χ0v) is 9.84. The molecule has 0 aromatic heterocycles. The fraction of sp³-hybridized carbons (Fsp3) is 0.462. The first-order chi connectivity index (χ1) is 8.08. The van der Waals surface area contributed by atoms with Crippen LogP contribution < -0.4 is 0 Å². The number of benzene rings is 1. The number of aliphatic carboxylic acids is 1. The molecule has 2 N–H and O–H groups in total. The molecule has 0 amide bonds. The van der Waals surface area contributed by atoms with Gasteiger partial charge in [-0.3, -0.25) is 4.79 Å². The maximum Gasteiger partial charge on any atom is 0.311 e. The Morgan fingerprint density at radius 1 is 1.53 bits per heavy atom. The van der Waals surface area contributed by atoms with Crippen LogP contribution in [0.1, 0.15) is 17.9 Å². The van der Waals surface area contributed by atoms with Gasteiger partial charge in [0.15, 0.2) is 0 Å². The summed E-state index contributed by atoms with van der Waals surface area (Å²) >= 11 is 0. The molecule has 0 radical (unpaired) electrons. The van der Waals surface area contributed by atoms with E-state index in [4.69, 9.17) is 0 Å². The minimum absolute atomic E-state index is 0.124. The number of carboxylic acid groups (broad SMARTS) is 1. The van der Waals surface area contributed by atoms with E-state index in [0.29, 0.717) is 5.56 Å². The maximum absolute atomic E-state index is 11.4. The summed E-state index contributed by atoms with van der Waals surface area (Å²) in [6.07, 6.45) is 0.892. The van der Waals surface area contributed by atoms with Gasteiger partial charge in [-0.2, -0.15) is 0 Å². The summed E-state index contributed by atoms with van der Waals surface area (Å²) in [5.74, 6) is -1.08. The third-order valence-corrected chi connectivity index (χ3v) is 3.39. The van der Waals surface area contributed by atoms with Gasteiger partial charge in [-0.1, -0.05) is 12.1 Å². The van der Waals surface area contributed by atoms with E-state index >= 15 is 0 Å². The first-order valence-corrected chi connectivity index (χ1v) is 5.78. The van der Waals surface area contributed by atoms with Gasteiger partial charge in [0.05, 0.1) is 5.92 Å². The van der Waals surface area contributed by atoms with Crippen LogP contribution in [0.3, 0.4) is 0 Å². The van der Waals surface area contributed by atoms with E-state index in [9.17, 15) is 15.0 Å². The van der Waals surface area contributed by atoms with Gasteiger partial charge in [-0.05, 0) is 43.6 Å². The Kier molecular flexibility index (Phi) is 3.33. The second kappa shape index (κ2) is 4.75. The average molecular weight is 235 g/mol. The largest absolute Gasteiger partial charge is 0.508 e. The highest BCUT2D eigenvalue weighted by Gasteiger charge is 2.33. The van der Waals surface area contributed by atoms with E-state index in [0.717, 1.165) is 19.5 Å². The van der Waals surface area contributed by atoms with Gasteiger partial charge >= 0.3 is 5.97 Å². The lowest BCUT2D eigenvalue weighted by atomic mass is 9.85. The third kappa shape index (κ3) is 2.58. The van der Waals surface area contributed by atoms with E-state index < -0.39 is 11.9 Å². The van der Waals surface area contributed by atoms with E-state index in [1.54, 1.807) is 24.3 Å². The van der Waals surface area contributed by atoms with Crippen LogP contribution in [0.15, 0.2) is 24.3 Å². The zero-order chi connectivity index (χ0) is 12.4. The molecular formula is C13H17NO3. The van der Waals surface area contributed by atoms with Crippen molar-refractivity contribution in [2.75, 3.05) is 20.1 Å². The topological polar surface area (TPSA) is 60.8 Å². The number of carboxylic acids is 1. The third-order valence-electron chi connectivity index (χ3n) is 3.39. The van der Waals surface area contributed by atoms with E-state index in [2.05, 4.69) is 4.90 Å². The number of aromatic hydroxyl groups is 1. The minimum Gasteiger partial charge on any atom is -0.508 e. The molecule has 1 heterocycles. The molecule has 4 nitrogen and oxygen atoms in total. The highest BCUT2D eigenvalue weighted by atomic mass is 16.4. The number of hydrogen-bond donors (Lipinski definition) is 2. The van der Waals surface area contributed by atoms with Crippen molar-refractivity contribution in [3.63, 3.8) is 0 Å². The summed E-state index contributed by atoms with van der Waals surface area (Å²) in [4.78, 5) is 13.5. The monoisotopic (exact) mass is 235 g/mol. The Balaban J connectivity index is 2.26. The van der Waals surface area contributed by atoms with Gasteiger partial charge < -0.3 is 15.1 Å². The van der Waals surface area contributed by atoms with Crippen LogP contribution in [0.25, 0.3) is 0 Å². The van der Waals surface area contributed by atoms with Crippen molar-refractivity contribution in [3.8, 4) is 5.75 Å². The molecule has 0 spiro atoms. The Morgan fingerprint density at radius 2 is 2.29 bits per heavy atom. The molecule has 0 saturated carbocycles. The van der Waals surface area contributed by atoms with Gasteiger partial charge in [-0.15, -0.1) is 0 Å². The summed E-state index contributed by atoms with van der Waals surface area (Å²) in [5.41, 5.74) is 0.692. The molecule has 1 aliphatic rings. The van der Waals surface area contributed by atoms with Crippen LogP contribution in [0.5, 0.6) is 5.75 Å². The molecule has 1 saturated heterocycles. The lowest BCUT2D eigenvalue weighted by Gasteiger charge is -2.20. The minimum atomic E-state index is -0.809. The highest BCUT2D eigenvalue weighted by Crippen LogP contribution is 2.33. The lowest BCUT2D eigenvalue weighted by Crippen LogP contribution is -2.24. The van der Waals surface area contributed by atoms with Crippen LogP contribution >= 0.6 is 0 Å². The summed E-state index contributed by atoms with van der Waals surface area (Å²) in [7, 11) is 2.00. The van der Waals surface area contributed by atoms with Crippen molar-refractivity contribution >= 4 is 5.97 Å². The lowest BCUT2D eigenvalue weighted by molar-refractivity contribution is -0.140. The molecule has 92 valence electrons. The highest BCUT2D eigenvalue weighted by molar-refractivity contribution is 5.76. The molecule has 0 bridgehead atoms. The van der Waals surface area contributed by atoms with Gasteiger partial charge in [-0.25, -0.2) is 0 Å². The number of phenols is 1. The summed E-state index contributed by atoms with van der Waals surface area (Å²) in [5, 5.41) is 18.8. The summed E-state index contributed by atoms with van der Waals surface area (Å²) in [6.45, 7) is 1.74. The van der Waals surface area contributed by atoms with Crippen LogP contribution in [-0.4, -0.2) is 41.2 Å². The first kappa shape index (κ1) is 11.9. The van der Waals surface area contributed by atoms with Crippen molar-refractivity contribution in [1.82, 2.24) is 4.90 Å². The normalized spacial score (nSPS) is 22.5. The van der Waals surface area contributed by atoms with Gasteiger partial charge in [0.2, 0.25) is 0 Å². The van der Waals surface area contributed by atoms with Crippen LogP contribution in [0.2, 0.25) is 0 Å². The number of nitrogens with zero attached hydrogens (tertiary/aromatic N) is 1. The predicted octanol–water partition coefficient (Wildman–Crippen LogP) is 1.51. The number of likely N-dealkylation sites (tertiary alicyclic amines) is 1. The fourth-order valence-electron chi connectivity index (χ4n) is 2.58. The molecular weight excluding hydrogens is 218 g/mol. The second-order valence-electron chi connectivity index (χ2n) is 4.72. The Labute approximate surface area is 100 Å². The van der Waals surface area contributed by atoms with E-state index in [1.165, 1.54) is 0 Å². The van der Waals surface area contributed by atoms with Gasteiger partial charge in [0.25, 0.3) is 0 Å². The first-order valence-electron chi connectivity index (χ1n) is 5.78. The number of rotatable bonds is 3. The summed E-state index contributed by atoms with van der Waals surface area (Å²) in [6, 6.07) is 6.58. The Hall–Kier alpha value is -1.55. The SMILES string of the molecule is CN1CCC(C(C(=O)O)c2cccc(O)c2)C1. The molecule has 2 rings (SSSR count). The van der Waals surface area contributed by atoms with Gasteiger partial charge in [0.1, 0.15) is 5.75 Å². The van der Waals surface area contributed by atoms with E-state index in [1.807, 2.05) is 7.05 Å². The standard InChI is InChI=1S/C13H17NO3/c1-14-6-5-10(8-14)12(13(16)17)9-3-2-4-11(15)7-9/h2-4,7,10,12,15H,5-6,8H2,1H3,(H,16,17). The number of carbonyl (C=O) groups is 1. The Morgan fingerprint density at radius 3 is 2.82 bits per heavy atom. The molecule has 1 aromatic carbocycles. The molecule has 17 heavy (non-hydrogen) atoms. The maximum atomic E-state index is 11.4. The molecule has 2 unspecified atom stereocenters. The molecule has 0 aliphatic carbocycles. The van der Waals surface area contributed by atoms with Crippen LogP contribution in [-0.2, 0) is 4.79 Å². The molecule has 1 fully saturated rings. The summed E-state index contributed by atoms with van der Waals surface area (Å²) < 4.78 is 0. The number of hydrogen-bond acceptors (Lipinski definition) is 3. The number of phenolic OH excluding ortho intramolecular Hbond substituents is 1. The molecule has 2 atom stereocenters. The predicted molar refractivity (Wildman–Crippen MR) is 64.1 cm³/mol. The van der Waals surface area contributed by atoms with Crippen molar-refractivity contribution in [3.05, 3.63) is 29.8 Å². The van der Waals surface area contributed by atoms with Crippen molar-refractivity contribution in [1.29, 1.82) is 0 Å². The van der Waals surface area contributed by atoms with Crippen LogP contribution in [0.4, 0.5) is 0 Å². The van der Waals surface area contributed by atoms with Gasteiger partial charge in [0, 0.05) is 6.54 Å². The smallest absolute Gasteiger partial charge is 0.311 e. The fourth-order valence-corrected chi connectivity index (χ4v) is 2.58. The van der Waals surface area contributed by atoms with Crippen LogP contribution in [0, 0.1) is 5.92 Å².